The maximum Gasteiger partial charge on any atom is 0.420 e. The molecule has 1 heterocycles. The first-order valence-electron chi connectivity index (χ1n) is 5.87. The number of carbonyl (C=O) groups is 1. The highest BCUT2D eigenvalue weighted by Crippen LogP contribution is 2.43. The monoisotopic (exact) mass is 378 g/mol. The highest BCUT2D eigenvalue weighted by molar-refractivity contribution is 9.10. The Kier molecular flexibility index (Phi) is 4.19. The molecule has 1 aromatic heterocycles. The van der Waals surface area contributed by atoms with E-state index in [-0.39, 0.29) is 27.2 Å². The molecule has 0 aliphatic rings. The van der Waals surface area contributed by atoms with Crippen molar-refractivity contribution in [2.24, 2.45) is 7.05 Å². The van der Waals surface area contributed by atoms with Crippen LogP contribution in [0.1, 0.15) is 16.1 Å². The van der Waals surface area contributed by atoms with Gasteiger partial charge in [0.1, 0.15) is 5.75 Å². The summed E-state index contributed by atoms with van der Waals surface area (Å²) in [7, 11) is 2.59. The number of aromatic nitrogens is 2. The number of benzene rings is 1. The van der Waals surface area contributed by atoms with E-state index in [4.69, 9.17) is 9.84 Å². The normalized spacial score (nSPS) is 11.5. The van der Waals surface area contributed by atoms with Gasteiger partial charge in [0, 0.05) is 12.6 Å². The van der Waals surface area contributed by atoms with Crippen LogP contribution >= 0.6 is 15.9 Å². The Morgan fingerprint density at radius 1 is 1.36 bits per heavy atom. The molecule has 1 N–H and O–H groups in total. The molecular weight excluding hydrogens is 369 g/mol. The van der Waals surface area contributed by atoms with Crippen LogP contribution in [0.3, 0.4) is 0 Å². The topological polar surface area (TPSA) is 64.3 Å². The average molecular weight is 379 g/mol. The summed E-state index contributed by atoms with van der Waals surface area (Å²) in [5, 5.41) is 12.6. The third-order valence-corrected chi connectivity index (χ3v) is 3.54. The fourth-order valence-corrected chi connectivity index (χ4v) is 2.62. The Morgan fingerprint density at radius 3 is 2.45 bits per heavy atom. The zero-order chi connectivity index (χ0) is 16.7. The predicted molar refractivity (Wildman–Crippen MR) is 74.9 cm³/mol. The zero-order valence-electron chi connectivity index (χ0n) is 11.4. The lowest BCUT2D eigenvalue weighted by atomic mass is 10.1. The van der Waals surface area contributed by atoms with Crippen molar-refractivity contribution in [2.75, 3.05) is 7.11 Å². The number of aromatic carboxylic acids is 1. The summed E-state index contributed by atoms with van der Waals surface area (Å²) in [6, 6.07) is 3.51. The van der Waals surface area contributed by atoms with E-state index in [0.29, 0.717) is 0 Å². The molecule has 2 aromatic rings. The molecular formula is C13H10BrF3N2O3. The van der Waals surface area contributed by atoms with Crippen molar-refractivity contribution in [3.8, 4) is 17.0 Å². The standard InChI is InChI=1S/C13H10BrF3N2O3/c1-19-10(5-9(18-19)12(20)21)6-3-7(13(15,16)17)11(22-2)8(14)4-6/h3-5H,1-2H3,(H,20,21). The van der Waals surface area contributed by atoms with Gasteiger partial charge in [-0.15, -0.1) is 0 Å². The van der Waals surface area contributed by atoms with Gasteiger partial charge in [-0.2, -0.15) is 18.3 Å². The van der Waals surface area contributed by atoms with Gasteiger partial charge in [0.25, 0.3) is 0 Å². The summed E-state index contributed by atoms with van der Waals surface area (Å²) in [5.41, 5.74) is -0.802. The Bertz CT molecular complexity index is 741. The first-order chi connectivity index (χ1) is 10.1. The molecule has 0 radical (unpaired) electrons. The van der Waals surface area contributed by atoms with Crippen LogP contribution in [0.25, 0.3) is 11.3 Å². The average Bonchev–Trinajstić information content (AvgIpc) is 2.79. The second kappa shape index (κ2) is 5.64. The summed E-state index contributed by atoms with van der Waals surface area (Å²) in [6.45, 7) is 0. The first kappa shape index (κ1) is 16.3. The molecule has 0 aliphatic carbocycles. The Hall–Kier alpha value is -2.03. The van der Waals surface area contributed by atoms with Gasteiger partial charge in [-0.3, -0.25) is 4.68 Å². The smallest absolute Gasteiger partial charge is 0.420 e. The number of rotatable bonds is 3. The summed E-state index contributed by atoms with van der Waals surface area (Å²) in [4.78, 5) is 10.9. The van der Waals surface area contributed by atoms with Crippen LogP contribution in [0.5, 0.6) is 5.75 Å². The molecule has 5 nitrogen and oxygen atoms in total. The van der Waals surface area contributed by atoms with Crippen LogP contribution in [0.15, 0.2) is 22.7 Å². The Balaban J connectivity index is 2.67. The molecule has 0 atom stereocenters. The van der Waals surface area contributed by atoms with Gasteiger partial charge in [0.15, 0.2) is 5.69 Å². The van der Waals surface area contributed by atoms with Crippen LogP contribution in [-0.2, 0) is 13.2 Å². The van der Waals surface area contributed by atoms with Gasteiger partial charge >= 0.3 is 12.1 Å². The fraction of sp³-hybridized carbons (Fsp3) is 0.231. The van der Waals surface area contributed by atoms with E-state index in [1.165, 1.54) is 23.9 Å². The molecule has 9 heteroatoms. The molecule has 0 unspecified atom stereocenters. The van der Waals surface area contributed by atoms with Crippen LogP contribution < -0.4 is 4.74 Å². The van der Waals surface area contributed by atoms with Crippen molar-refractivity contribution in [2.45, 2.75) is 6.18 Å². The summed E-state index contributed by atoms with van der Waals surface area (Å²) in [6.07, 6.45) is -4.61. The number of hydrogen-bond donors (Lipinski definition) is 1. The highest BCUT2D eigenvalue weighted by atomic mass is 79.9. The fourth-order valence-electron chi connectivity index (χ4n) is 2.00. The molecule has 0 amide bonds. The Morgan fingerprint density at radius 2 is 2.00 bits per heavy atom. The van der Waals surface area contributed by atoms with Gasteiger partial charge in [-0.05, 0) is 34.1 Å². The highest BCUT2D eigenvalue weighted by Gasteiger charge is 2.36. The third-order valence-electron chi connectivity index (χ3n) is 2.95. The minimum Gasteiger partial charge on any atom is -0.495 e. The maximum atomic E-state index is 13.1. The SMILES string of the molecule is COc1c(Br)cc(-c2cc(C(=O)O)nn2C)cc1C(F)(F)F. The minimum atomic E-state index is -4.61. The van der Waals surface area contributed by atoms with Crippen LogP contribution in [0.4, 0.5) is 13.2 Å². The molecule has 0 aliphatic heterocycles. The van der Waals surface area contributed by atoms with Gasteiger partial charge in [-0.25, -0.2) is 4.79 Å². The Labute approximate surface area is 131 Å². The number of alkyl halides is 3. The van der Waals surface area contributed by atoms with E-state index in [1.54, 1.807) is 0 Å². The van der Waals surface area contributed by atoms with Crippen molar-refractivity contribution in [3.63, 3.8) is 0 Å². The molecule has 0 bridgehead atoms. The summed E-state index contributed by atoms with van der Waals surface area (Å²) < 4.78 is 45.5. The molecule has 1 aromatic carbocycles. The molecule has 0 spiro atoms. The minimum absolute atomic E-state index is 0.109. The quantitative estimate of drug-likeness (QED) is 0.886. The molecule has 118 valence electrons. The lowest BCUT2D eigenvalue weighted by Crippen LogP contribution is -2.08. The van der Waals surface area contributed by atoms with E-state index in [1.807, 2.05) is 0 Å². The van der Waals surface area contributed by atoms with Crippen molar-refractivity contribution in [1.82, 2.24) is 9.78 Å². The van der Waals surface area contributed by atoms with Crippen molar-refractivity contribution < 1.29 is 27.8 Å². The van der Waals surface area contributed by atoms with Crippen molar-refractivity contribution >= 4 is 21.9 Å². The van der Waals surface area contributed by atoms with E-state index in [9.17, 15) is 18.0 Å². The summed E-state index contributed by atoms with van der Waals surface area (Å²) >= 11 is 3.04. The number of methoxy groups -OCH3 is 1. The van der Waals surface area contributed by atoms with E-state index >= 15 is 0 Å². The predicted octanol–water partition coefficient (Wildman–Crippen LogP) is 3.58. The van der Waals surface area contributed by atoms with Gasteiger partial charge in [0.05, 0.1) is 22.8 Å². The number of aryl methyl sites for hydroxylation is 1. The third kappa shape index (κ3) is 2.94. The van der Waals surface area contributed by atoms with Crippen LogP contribution in [0.2, 0.25) is 0 Å². The van der Waals surface area contributed by atoms with Crippen molar-refractivity contribution in [3.05, 3.63) is 33.9 Å². The number of nitrogens with zero attached hydrogens (tertiary/aromatic N) is 2. The van der Waals surface area contributed by atoms with Gasteiger partial charge < -0.3 is 9.84 Å². The largest absolute Gasteiger partial charge is 0.495 e. The van der Waals surface area contributed by atoms with E-state index in [2.05, 4.69) is 21.0 Å². The number of hydrogen-bond acceptors (Lipinski definition) is 3. The summed E-state index contributed by atoms with van der Waals surface area (Å²) in [5.74, 6) is -1.60. The molecule has 0 saturated carbocycles. The number of ether oxygens (including phenoxy) is 1. The lowest BCUT2D eigenvalue weighted by molar-refractivity contribution is -0.138. The van der Waals surface area contributed by atoms with E-state index < -0.39 is 17.7 Å². The van der Waals surface area contributed by atoms with E-state index in [0.717, 1.165) is 13.2 Å². The molecule has 2 rings (SSSR count). The zero-order valence-corrected chi connectivity index (χ0v) is 13.0. The van der Waals surface area contributed by atoms with Gasteiger partial charge in [-0.1, -0.05) is 0 Å². The van der Waals surface area contributed by atoms with Crippen molar-refractivity contribution in [1.29, 1.82) is 0 Å². The molecule has 0 fully saturated rings. The first-order valence-corrected chi connectivity index (χ1v) is 6.67. The molecule has 0 saturated heterocycles. The number of carboxylic acid groups (broad SMARTS) is 1. The van der Waals surface area contributed by atoms with Crippen LogP contribution in [0, 0.1) is 0 Å². The second-order valence-electron chi connectivity index (χ2n) is 4.38. The lowest BCUT2D eigenvalue weighted by Gasteiger charge is -2.15. The maximum absolute atomic E-state index is 13.1. The second-order valence-corrected chi connectivity index (χ2v) is 5.23. The number of halogens is 4. The van der Waals surface area contributed by atoms with Gasteiger partial charge in [0.2, 0.25) is 0 Å². The van der Waals surface area contributed by atoms with Crippen LogP contribution in [-0.4, -0.2) is 28.0 Å². The molecule has 22 heavy (non-hydrogen) atoms. The number of carboxylic acids is 1.